The molecule has 2 rings (SSSR count). The minimum Gasteiger partial charge on any atom is -0.508 e. The first-order valence-corrected chi connectivity index (χ1v) is 6.80. The molecular weight excluding hydrogens is 240 g/mol. The van der Waals surface area contributed by atoms with Crippen LogP contribution < -0.4 is 5.32 Å². The molecule has 1 aliphatic rings. The number of hydrogen-bond acceptors (Lipinski definition) is 3. The summed E-state index contributed by atoms with van der Waals surface area (Å²) in [5, 5.41) is 12.5. The fourth-order valence-corrected chi connectivity index (χ4v) is 2.75. The average Bonchev–Trinajstić information content (AvgIpc) is 2.34. The van der Waals surface area contributed by atoms with Crippen molar-refractivity contribution in [1.82, 2.24) is 4.90 Å². The van der Waals surface area contributed by atoms with Crippen LogP contribution in [0.4, 0.5) is 5.69 Å². The molecule has 2 N–H and O–H groups in total. The molecule has 4 nitrogen and oxygen atoms in total. The summed E-state index contributed by atoms with van der Waals surface area (Å²) >= 11 is 0. The van der Waals surface area contributed by atoms with E-state index in [1.165, 1.54) is 0 Å². The van der Waals surface area contributed by atoms with Crippen LogP contribution in [-0.4, -0.2) is 35.5 Å². The number of likely N-dealkylation sites (tertiary alicyclic amines) is 1. The van der Waals surface area contributed by atoms with Crippen LogP contribution in [0.5, 0.6) is 5.75 Å². The molecule has 4 heteroatoms. The zero-order valence-electron chi connectivity index (χ0n) is 11.9. The first kappa shape index (κ1) is 13.9. The SMILES string of the molecule is Cc1cc(O)cc(C)c1NC(=O)[C@H]1CCCCN1C. The molecule has 0 aliphatic carbocycles. The van der Waals surface area contributed by atoms with Crippen molar-refractivity contribution < 1.29 is 9.90 Å². The van der Waals surface area contributed by atoms with Gasteiger partial charge in [-0.3, -0.25) is 9.69 Å². The molecule has 1 amide bonds. The standard InChI is InChI=1S/C15H22N2O2/c1-10-8-12(18)9-11(2)14(10)16-15(19)13-6-4-5-7-17(13)3/h8-9,13,18H,4-7H2,1-3H3,(H,16,19)/t13-/m1/s1. The van der Waals surface area contributed by atoms with Crippen LogP contribution in [0, 0.1) is 13.8 Å². The minimum absolute atomic E-state index is 0.0404. The summed E-state index contributed by atoms with van der Waals surface area (Å²) in [7, 11) is 2.00. The van der Waals surface area contributed by atoms with Gasteiger partial charge < -0.3 is 10.4 Å². The fourth-order valence-electron chi connectivity index (χ4n) is 2.75. The number of phenolic OH excluding ortho intramolecular Hbond substituents is 1. The van der Waals surface area contributed by atoms with Gasteiger partial charge in [-0.2, -0.15) is 0 Å². The number of aromatic hydroxyl groups is 1. The number of carbonyl (C=O) groups excluding carboxylic acids is 1. The first-order valence-electron chi connectivity index (χ1n) is 6.80. The van der Waals surface area contributed by atoms with Crippen LogP contribution in [0.3, 0.4) is 0 Å². The minimum atomic E-state index is -0.0404. The summed E-state index contributed by atoms with van der Waals surface area (Å²) in [6.07, 6.45) is 3.19. The Hall–Kier alpha value is -1.55. The van der Waals surface area contributed by atoms with Crippen LogP contribution in [0.1, 0.15) is 30.4 Å². The summed E-state index contributed by atoms with van der Waals surface area (Å²) in [6.45, 7) is 4.77. The Morgan fingerprint density at radius 3 is 2.53 bits per heavy atom. The third-order valence-electron chi connectivity index (χ3n) is 3.84. The molecule has 1 atom stereocenters. The molecule has 0 saturated carbocycles. The van der Waals surface area contributed by atoms with Gasteiger partial charge in [0.25, 0.3) is 0 Å². The molecule has 1 aromatic rings. The molecule has 1 fully saturated rings. The Morgan fingerprint density at radius 2 is 1.95 bits per heavy atom. The number of benzene rings is 1. The number of hydrogen-bond donors (Lipinski definition) is 2. The van der Waals surface area contributed by atoms with Gasteiger partial charge in [0.2, 0.25) is 5.91 Å². The Balaban J connectivity index is 2.14. The number of aryl methyl sites for hydroxylation is 2. The quantitative estimate of drug-likeness (QED) is 0.805. The highest BCUT2D eigenvalue weighted by molar-refractivity contribution is 5.96. The lowest BCUT2D eigenvalue weighted by Crippen LogP contribution is -2.44. The number of nitrogens with zero attached hydrogens (tertiary/aromatic N) is 1. The van der Waals surface area contributed by atoms with E-state index in [9.17, 15) is 9.90 Å². The Morgan fingerprint density at radius 1 is 1.32 bits per heavy atom. The summed E-state index contributed by atoms with van der Waals surface area (Å²) in [4.78, 5) is 14.5. The largest absolute Gasteiger partial charge is 0.508 e. The third-order valence-corrected chi connectivity index (χ3v) is 3.84. The Bertz CT molecular complexity index is 462. The van der Waals surface area contributed by atoms with E-state index in [0.29, 0.717) is 0 Å². The second kappa shape index (κ2) is 5.61. The second-order valence-electron chi connectivity index (χ2n) is 5.44. The second-order valence-corrected chi connectivity index (χ2v) is 5.44. The number of nitrogens with one attached hydrogen (secondary N) is 1. The van der Waals surface area contributed by atoms with E-state index in [0.717, 1.165) is 42.6 Å². The molecule has 0 radical (unpaired) electrons. The van der Waals surface area contributed by atoms with Gasteiger partial charge in [-0.05, 0) is 63.5 Å². The molecule has 1 heterocycles. The van der Waals surface area contributed by atoms with Crippen LogP contribution in [-0.2, 0) is 4.79 Å². The van der Waals surface area contributed by atoms with E-state index in [2.05, 4.69) is 10.2 Å². The summed E-state index contributed by atoms with van der Waals surface area (Å²) < 4.78 is 0. The normalized spacial score (nSPS) is 20.3. The predicted molar refractivity (Wildman–Crippen MR) is 76.5 cm³/mol. The number of rotatable bonds is 2. The van der Waals surface area contributed by atoms with E-state index in [1.54, 1.807) is 12.1 Å². The van der Waals surface area contributed by atoms with Gasteiger partial charge in [-0.25, -0.2) is 0 Å². The predicted octanol–water partition coefficient (Wildman–Crippen LogP) is 2.43. The topological polar surface area (TPSA) is 52.6 Å². The van der Waals surface area contributed by atoms with Crippen LogP contribution in [0.15, 0.2) is 12.1 Å². The molecule has 0 spiro atoms. The highest BCUT2D eigenvalue weighted by Crippen LogP contribution is 2.26. The number of carbonyl (C=O) groups is 1. The maximum Gasteiger partial charge on any atom is 0.241 e. The summed E-state index contributed by atoms with van der Waals surface area (Å²) in [6, 6.07) is 3.31. The van der Waals surface area contributed by atoms with Crippen molar-refractivity contribution in [3.8, 4) is 5.75 Å². The van der Waals surface area contributed by atoms with Crippen molar-refractivity contribution in [2.45, 2.75) is 39.2 Å². The van der Waals surface area contributed by atoms with Gasteiger partial charge in [-0.1, -0.05) is 6.42 Å². The van der Waals surface area contributed by atoms with Crippen LogP contribution in [0.2, 0.25) is 0 Å². The zero-order chi connectivity index (χ0) is 14.0. The number of likely N-dealkylation sites (N-methyl/N-ethyl adjacent to an activating group) is 1. The third kappa shape index (κ3) is 3.07. The maximum atomic E-state index is 12.4. The molecule has 0 unspecified atom stereocenters. The van der Waals surface area contributed by atoms with E-state index in [4.69, 9.17) is 0 Å². The molecule has 104 valence electrons. The van der Waals surface area contributed by atoms with Crippen LogP contribution in [0.25, 0.3) is 0 Å². The lowest BCUT2D eigenvalue weighted by Gasteiger charge is -2.31. The monoisotopic (exact) mass is 262 g/mol. The molecule has 19 heavy (non-hydrogen) atoms. The smallest absolute Gasteiger partial charge is 0.241 e. The van der Waals surface area contributed by atoms with Gasteiger partial charge in [0.1, 0.15) is 5.75 Å². The number of piperidine rings is 1. The molecule has 1 saturated heterocycles. The van der Waals surface area contributed by atoms with Crippen molar-refractivity contribution in [1.29, 1.82) is 0 Å². The molecule has 0 bridgehead atoms. The van der Waals surface area contributed by atoms with Crippen molar-refractivity contribution in [3.05, 3.63) is 23.3 Å². The summed E-state index contributed by atoms with van der Waals surface area (Å²) in [5.74, 6) is 0.293. The molecule has 1 aliphatic heterocycles. The molecular formula is C15H22N2O2. The van der Waals surface area contributed by atoms with Crippen molar-refractivity contribution >= 4 is 11.6 Å². The van der Waals surface area contributed by atoms with Crippen molar-refractivity contribution in [2.24, 2.45) is 0 Å². The maximum absolute atomic E-state index is 12.4. The van der Waals surface area contributed by atoms with E-state index in [1.807, 2.05) is 20.9 Å². The highest BCUT2D eigenvalue weighted by atomic mass is 16.3. The molecule has 0 aromatic heterocycles. The van der Waals surface area contributed by atoms with Crippen molar-refractivity contribution in [2.75, 3.05) is 18.9 Å². The van der Waals surface area contributed by atoms with E-state index in [-0.39, 0.29) is 17.7 Å². The van der Waals surface area contributed by atoms with Gasteiger partial charge in [0, 0.05) is 5.69 Å². The lowest BCUT2D eigenvalue weighted by atomic mass is 10.0. The van der Waals surface area contributed by atoms with Gasteiger partial charge in [0.15, 0.2) is 0 Å². The van der Waals surface area contributed by atoms with E-state index < -0.39 is 0 Å². The fraction of sp³-hybridized carbons (Fsp3) is 0.533. The first-order chi connectivity index (χ1) is 8.99. The highest BCUT2D eigenvalue weighted by Gasteiger charge is 2.26. The van der Waals surface area contributed by atoms with Crippen LogP contribution >= 0.6 is 0 Å². The molecule has 1 aromatic carbocycles. The number of phenols is 1. The van der Waals surface area contributed by atoms with Crippen molar-refractivity contribution in [3.63, 3.8) is 0 Å². The number of amides is 1. The Kier molecular flexibility index (Phi) is 4.10. The van der Waals surface area contributed by atoms with Gasteiger partial charge >= 0.3 is 0 Å². The number of anilines is 1. The zero-order valence-corrected chi connectivity index (χ0v) is 11.9. The van der Waals surface area contributed by atoms with Gasteiger partial charge in [0.05, 0.1) is 6.04 Å². The average molecular weight is 262 g/mol. The lowest BCUT2D eigenvalue weighted by molar-refractivity contribution is -0.121. The van der Waals surface area contributed by atoms with E-state index >= 15 is 0 Å². The van der Waals surface area contributed by atoms with Gasteiger partial charge in [-0.15, -0.1) is 0 Å². The Labute approximate surface area is 114 Å². The summed E-state index contributed by atoms with van der Waals surface area (Å²) in [5.41, 5.74) is 2.61.